The van der Waals surface area contributed by atoms with Crippen molar-refractivity contribution in [3.8, 4) is 0 Å². The van der Waals surface area contributed by atoms with E-state index < -0.39 is 0 Å². The second-order valence-corrected chi connectivity index (χ2v) is 9.20. The van der Waals surface area contributed by atoms with Crippen LogP contribution in [0.15, 0.2) is 49.1 Å². The molecule has 1 unspecified atom stereocenters. The number of halogens is 1. The number of aryl methyl sites for hydroxylation is 1. The molecule has 1 fully saturated rings. The molecule has 0 spiro atoms. The van der Waals surface area contributed by atoms with Crippen molar-refractivity contribution >= 4 is 27.7 Å². The van der Waals surface area contributed by atoms with E-state index in [2.05, 4.69) is 85.9 Å². The van der Waals surface area contributed by atoms with Crippen molar-refractivity contribution in [1.82, 2.24) is 4.57 Å². The van der Waals surface area contributed by atoms with Gasteiger partial charge in [0.1, 0.15) is 18.4 Å². The van der Waals surface area contributed by atoms with Crippen molar-refractivity contribution in [2.75, 3.05) is 11.1 Å². The van der Waals surface area contributed by atoms with E-state index >= 15 is 0 Å². The van der Waals surface area contributed by atoms with Gasteiger partial charge in [-0.15, -0.1) is 0 Å². The number of imidazole rings is 1. The standard InChI is InChI=1S/C21H30BrN2S/c22-12-7-13-23-14-15-24(18-23)20(16-19-8-3-1-4-9-19)17-25-21-10-5-2-6-11-21/h1,3-4,8-9,14-15,18,20-21H,2,5-7,10-13,16-17H2/q+1. The maximum absolute atomic E-state index is 3.53. The zero-order chi connectivity index (χ0) is 17.3. The van der Waals surface area contributed by atoms with Gasteiger partial charge in [0, 0.05) is 22.8 Å². The van der Waals surface area contributed by atoms with Crippen LogP contribution in [0.1, 0.15) is 50.1 Å². The number of thioether (sulfide) groups is 1. The number of alkyl halides is 1. The van der Waals surface area contributed by atoms with E-state index in [0.29, 0.717) is 6.04 Å². The van der Waals surface area contributed by atoms with Gasteiger partial charge in [-0.25, -0.2) is 9.13 Å². The lowest BCUT2D eigenvalue weighted by Crippen LogP contribution is -2.31. The van der Waals surface area contributed by atoms with Gasteiger partial charge in [0.25, 0.3) is 0 Å². The minimum Gasteiger partial charge on any atom is -0.237 e. The van der Waals surface area contributed by atoms with Gasteiger partial charge < -0.3 is 0 Å². The molecular weight excluding hydrogens is 392 g/mol. The summed E-state index contributed by atoms with van der Waals surface area (Å²) < 4.78 is 4.77. The molecule has 1 atom stereocenters. The van der Waals surface area contributed by atoms with Gasteiger partial charge in [-0.1, -0.05) is 65.5 Å². The Morgan fingerprint density at radius 3 is 2.72 bits per heavy atom. The van der Waals surface area contributed by atoms with Crippen molar-refractivity contribution in [3.05, 3.63) is 54.6 Å². The third-order valence-electron chi connectivity index (χ3n) is 5.07. The summed E-state index contributed by atoms with van der Waals surface area (Å²) in [4.78, 5) is 0. The number of aromatic nitrogens is 2. The van der Waals surface area contributed by atoms with Crippen LogP contribution in [0.25, 0.3) is 0 Å². The van der Waals surface area contributed by atoms with Crippen LogP contribution in [0.5, 0.6) is 0 Å². The zero-order valence-corrected chi connectivity index (χ0v) is 17.4. The number of hydrogen-bond donors (Lipinski definition) is 0. The molecule has 0 N–H and O–H groups in total. The van der Waals surface area contributed by atoms with E-state index in [9.17, 15) is 0 Å². The average Bonchev–Trinajstić information content (AvgIpc) is 3.14. The fourth-order valence-corrected chi connectivity index (χ4v) is 5.32. The van der Waals surface area contributed by atoms with Gasteiger partial charge in [-0.3, -0.25) is 0 Å². The summed E-state index contributed by atoms with van der Waals surface area (Å²) in [6, 6.07) is 11.5. The van der Waals surface area contributed by atoms with Crippen LogP contribution in [0.2, 0.25) is 0 Å². The van der Waals surface area contributed by atoms with Gasteiger partial charge in [0.2, 0.25) is 6.33 Å². The van der Waals surface area contributed by atoms with Crippen LogP contribution < -0.4 is 4.57 Å². The van der Waals surface area contributed by atoms with Gasteiger partial charge >= 0.3 is 0 Å². The monoisotopic (exact) mass is 421 g/mol. The predicted molar refractivity (Wildman–Crippen MR) is 112 cm³/mol. The molecule has 0 saturated heterocycles. The maximum atomic E-state index is 3.53. The third-order valence-corrected chi connectivity index (χ3v) is 7.15. The first-order chi connectivity index (χ1) is 12.3. The van der Waals surface area contributed by atoms with Crippen molar-refractivity contribution in [2.24, 2.45) is 0 Å². The lowest BCUT2D eigenvalue weighted by molar-refractivity contribution is -0.696. The Bertz CT molecular complexity index is 607. The summed E-state index contributed by atoms with van der Waals surface area (Å²) in [5, 5.41) is 1.94. The van der Waals surface area contributed by atoms with Crippen molar-refractivity contribution in [2.45, 2.75) is 62.8 Å². The summed E-state index contributed by atoms with van der Waals surface area (Å²) in [5.74, 6) is 1.21. The maximum Gasteiger partial charge on any atom is 0.244 e. The molecule has 0 aliphatic heterocycles. The minimum absolute atomic E-state index is 0.541. The number of hydrogen-bond acceptors (Lipinski definition) is 1. The first kappa shape index (κ1) is 19.0. The Hall–Kier alpha value is -0.740. The van der Waals surface area contributed by atoms with Crippen LogP contribution in [-0.2, 0) is 13.0 Å². The molecule has 1 saturated carbocycles. The van der Waals surface area contributed by atoms with Crippen LogP contribution in [0.4, 0.5) is 0 Å². The summed E-state index contributed by atoms with van der Waals surface area (Å²) in [7, 11) is 0. The second-order valence-electron chi connectivity index (χ2n) is 7.08. The van der Waals surface area contributed by atoms with Crippen LogP contribution in [0.3, 0.4) is 0 Å². The molecule has 2 nitrogen and oxygen atoms in total. The van der Waals surface area contributed by atoms with E-state index in [1.807, 2.05) is 0 Å². The SMILES string of the molecule is BrCCC[n+]1ccn(C(CSC2CCCCC2)Cc2ccccc2)c1. The number of rotatable bonds is 9. The highest BCUT2D eigenvalue weighted by Crippen LogP contribution is 2.31. The molecule has 1 aromatic carbocycles. The highest BCUT2D eigenvalue weighted by atomic mass is 79.9. The van der Waals surface area contributed by atoms with E-state index in [4.69, 9.17) is 0 Å². The molecular formula is C21H30BrN2S+. The highest BCUT2D eigenvalue weighted by molar-refractivity contribution is 9.09. The van der Waals surface area contributed by atoms with Crippen LogP contribution >= 0.6 is 27.7 Å². The minimum atomic E-state index is 0.541. The Morgan fingerprint density at radius 1 is 1.16 bits per heavy atom. The topological polar surface area (TPSA) is 8.81 Å². The fraction of sp³-hybridized carbons (Fsp3) is 0.571. The summed E-state index contributed by atoms with van der Waals surface area (Å²) in [6.45, 7) is 1.09. The van der Waals surface area contributed by atoms with E-state index in [1.165, 1.54) is 49.8 Å². The Kier molecular flexibility index (Phi) is 7.93. The molecule has 0 bridgehead atoms. The molecule has 1 aromatic heterocycles. The van der Waals surface area contributed by atoms with Crippen LogP contribution in [0, 0.1) is 0 Å². The van der Waals surface area contributed by atoms with Crippen molar-refractivity contribution in [3.63, 3.8) is 0 Å². The summed E-state index contributed by atoms with van der Waals surface area (Å²) in [6.07, 6.45) is 16.2. The molecule has 1 aliphatic carbocycles. The molecule has 1 aliphatic rings. The summed E-state index contributed by atoms with van der Waals surface area (Å²) in [5.41, 5.74) is 1.44. The molecule has 2 aromatic rings. The summed E-state index contributed by atoms with van der Waals surface area (Å²) >= 11 is 5.74. The van der Waals surface area contributed by atoms with Gasteiger partial charge in [0.15, 0.2) is 0 Å². The third kappa shape index (κ3) is 6.18. The molecule has 0 radical (unpaired) electrons. The smallest absolute Gasteiger partial charge is 0.237 e. The quantitative estimate of drug-likeness (QED) is 0.388. The van der Waals surface area contributed by atoms with Crippen molar-refractivity contribution < 1.29 is 4.57 Å². The lowest BCUT2D eigenvalue weighted by Gasteiger charge is -2.23. The second kappa shape index (κ2) is 10.4. The highest BCUT2D eigenvalue weighted by Gasteiger charge is 2.21. The fourth-order valence-electron chi connectivity index (χ4n) is 3.62. The van der Waals surface area contributed by atoms with E-state index in [0.717, 1.165) is 23.5 Å². The Morgan fingerprint density at radius 2 is 1.96 bits per heavy atom. The molecule has 4 heteroatoms. The normalized spacial score (nSPS) is 16.8. The van der Waals surface area contributed by atoms with Crippen molar-refractivity contribution in [1.29, 1.82) is 0 Å². The predicted octanol–water partition coefficient (Wildman–Crippen LogP) is 5.41. The molecule has 1 heterocycles. The zero-order valence-electron chi connectivity index (χ0n) is 15.0. The molecule has 25 heavy (non-hydrogen) atoms. The molecule has 3 rings (SSSR count). The Labute approximate surface area is 165 Å². The average molecular weight is 422 g/mol. The van der Waals surface area contributed by atoms with E-state index in [1.54, 1.807) is 0 Å². The van der Waals surface area contributed by atoms with E-state index in [-0.39, 0.29) is 0 Å². The number of nitrogens with zero attached hydrogens (tertiary/aromatic N) is 2. The molecule has 0 amide bonds. The van der Waals surface area contributed by atoms with Gasteiger partial charge in [0.05, 0.1) is 6.54 Å². The first-order valence-corrected chi connectivity index (χ1v) is 11.8. The van der Waals surface area contributed by atoms with Crippen LogP contribution in [-0.4, -0.2) is 20.9 Å². The van der Waals surface area contributed by atoms with Gasteiger partial charge in [-0.2, -0.15) is 11.8 Å². The van der Waals surface area contributed by atoms with Gasteiger partial charge in [-0.05, 0) is 24.8 Å². The lowest BCUT2D eigenvalue weighted by atomic mass is 10.0. The Balaban J connectivity index is 1.65. The molecule has 136 valence electrons. The largest absolute Gasteiger partial charge is 0.244 e. The number of benzene rings is 1. The first-order valence-electron chi connectivity index (χ1n) is 9.63.